The minimum Gasteiger partial charge on any atom is -0.366 e. The molecule has 1 fully saturated rings. The number of carbonyl (C=O) groups excluding carboxylic acids is 1. The first-order valence-electron chi connectivity index (χ1n) is 9.31. The fourth-order valence-corrected chi connectivity index (χ4v) is 3.66. The standard InChI is InChI=1S/C21H18Cl2FN5O/c22-14-6-5-13(11-15(14)23)17-12-18(20(25)30)27-21(26-17)29-9-7-28(8-10-29)19-4-2-1-3-16(19)24/h1-6,11-12H,7-10H2,(H2,25,30). The van der Waals surface area contributed by atoms with Crippen LogP contribution in [0.1, 0.15) is 10.5 Å². The van der Waals surface area contributed by atoms with Crippen LogP contribution in [0.25, 0.3) is 11.3 Å². The molecule has 0 saturated carbocycles. The van der Waals surface area contributed by atoms with Gasteiger partial charge in [0.2, 0.25) is 5.95 Å². The summed E-state index contributed by atoms with van der Waals surface area (Å²) in [6.07, 6.45) is 0. The van der Waals surface area contributed by atoms with Gasteiger partial charge in [0.05, 0.1) is 21.4 Å². The maximum Gasteiger partial charge on any atom is 0.267 e. The first kappa shape index (κ1) is 20.4. The van der Waals surface area contributed by atoms with Crippen LogP contribution in [0.3, 0.4) is 0 Å². The van der Waals surface area contributed by atoms with Gasteiger partial charge in [-0.1, -0.05) is 41.4 Å². The predicted molar refractivity (Wildman–Crippen MR) is 117 cm³/mol. The molecule has 9 heteroatoms. The Hall–Kier alpha value is -2.90. The van der Waals surface area contributed by atoms with Crippen molar-refractivity contribution in [1.29, 1.82) is 0 Å². The average Bonchev–Trinajstić information content (AvgIpc) is 2.76. The molecule has 2 N–H and O–H groups in total. The Morgan fingerprint density at radius 2 is 1.63 bits per heavy atom. The van der Waals surface area contributed by atoms with Crippen molar-refractivity contribution in [1.82, 2.24) is 9.97 Å². The number of nitrogens with two attached hydrogens (primary N) is 1. The minimum absolute atomic E-state index is 0.109. The van der Waals surface area contributed by atoms with E-state index >= 15 is 0 Å². The molecule has 154 valence electrons. The zero-order valence-corrected chi connectivity index (χ0v) is 17.4. The van der Waals surface area contributed by atoms with E-state index in [1.807, 2.05) is 15.9 Å². The lowest BCUT2D eigenvalue weighted by molar-refractivity contribution is 0.0995. The lowest BCUT2D eigenvalue weighted by Crippen LogP contribution is -2.47. The minimum atomic E-state index is -0.648. The Labute approximate surface area is 183 Å². The summed E-state index contributed by atoms with van der Waals surface area (Å²) in [5.74, 6) is -0.509. The van der Waals surface area contributed by atoms with Gasteiger partial charge >= 0.3 is 0 Å². The summed E-state index contributed by atoms with van der Waals surface area (Å²) < 4.78 is 14.1. The quantitative estimate of drug-likeness (QED) is 0.656. The molecule has 0 bridgehead atoms. The van der Waals surface area contributed by atoms with Gasteiger partial charge in [-0.05, 0) is 30.3 Å². The molecule has 0 aliphatic carbocycles. The van der Waals surface area contributed by atoms with Gasteiger partial charge in [0.15, 0.2) is 0 Å². The number of halogens is 3. The van der Waals surface area contributed by atoms with E-state index in [2.05, 4.69) is 9.97 Å². The highest BCUT2D eigenvalue weighted by Gasteiger charge is 2.22. The van der Waals surface area contributed by atoms with Crippen molar-refractivity contribution < 1.29 is 9.18 Å². The van der Waals surface area contributed by atoms with Crippen LogP contribution in [0.4, 0.5) is 16.0 Å². The number of primary amides is 1. The molecule has 1 aliphatic heterocycles. The monoisotopic (exact) mass is 445 g/mol. The summed E-state index contributed by atoms with van der Waals surface area (Å²) in [5, 5.41) is 0.808. The molecular formula is C21H18Cl2FN5O. The molecule has 30 heavy (non-hydrogen) atoms. The van der Waals surface area contributed by atoms with E-state index in [9.17, 15) is 9.18 Å². The van der Waals surface area contributed by atoms with Crippen molar-refractivity contribution in [3.8, 4) is 11.3 Å². The molecule has 3 aromatic rings. The Morgan fingerprint density at radius 3 is 2.30 bits per heavy atom. The number of rotatable bonds is 4. The van der Waals surface area contributed by atoms with E-state index in [-0.39, 0.29) is 11.5 Å². The van der Waals surface area contributed by atoms with Gasteiger partial charge < -0.3 is 15.5 Å². The normalized spacial score (nSPS) is 14.1. The van der Waals surface area contributed by atoms with E-state index in [1.165, 1.54) is 12.1 Å². The molecule has 0 atom stereocenters. The topological polar surface area (TPSA) is 75.4 Å². The third kappa shape index (κ3) is 4.17. The van der Waals surface area contributed by atoms with Crippen LogP contribution >= 0.6 is 23.2 Å². The van der Waals surface area contributed by atoms with Gasteiger partial charge in [0.25, 0.3) is 5.91 Å². The van der Waals surface area contributed by atoms with Crippen LogP contribution in [-0.4, -0.2) is 42.1 Å². The number of piperazine rings is 1. The zero-order valence-electron chi connectivity index (χ0n) is 15.9. The van der Waals surface area contributed by atoms with Gasteiger partial charge in [-0.15, -0.1) is 0 Å². The van der Waals surface area contributed by atoms with Crippen LogP contribution < -0.4 is 15.5 Å². The highest BCUT2D eigenvalue weighted by atomic mass is 35.5. The zero-order chi connectivity index (χ0) is 21.3. The van der Waals surface area contributed by atoms with Crippen molar-refractivity contribution in [3.05, 3.63) is 70.1 Å². The number of hydrogen-bond acceptors (Lipinski definition) is 5. The fourth-order valence-electron chi connectivity index (χ4n) is 3.36. The van der Waals surface area contributed by atoms with E-state index in [0.717, 1.165) is 0 Å². The second kappa shape index (κ2) is 8.45. The molecule has 2 heterocycles. The van der Waals surface area contributed by atoms with E-state index in [4.69, 9.17) is 28.9 Å². The molecule has 4 rings (SSSR count). The first-order chi connectivity index (χ1) is 14.4. The number of anilines is 2. The number of aromatic nitrogens is 2. The van der Waals surface area contributed by atoms with Crippen molar-refractivity contribution in [2.75, 3.05) is 36.0 Å². The van der Waals surface area contributed by atoms with E-state index < -0.39 is 5.91 Å². The van der Waals surface area contributed by atoms with Crippen molar-refractivity contribution in [2.45, 2.75) is 0 Å². The number of carbonyl (C=O) groups is 1. The molecular weight excluding hydrogens is 428 g/mol. The predicted octanol–water partition coefficient (Wildman–Crippen LogP) is 4.02. The van der Waals surface area contributed by atoms with Crippen LogP contribution in [0, 0.1) is 5.82 Å². The highest BCUT2D eigenvalue weighted by Crippen LogP contribution is 2.29. The van der Waals surface area contributed by atoms with Gasteiger partial charge in [0.1, 0.15) is 11.5 Å². The van der Waals surface area contributed by atoms with Crippen LogP contribution in [0.5, 0.6) is 0 Å². The lowest BCUT2D eigenvalue weighted by atomic mass is 10.1. The Kier molecular flexibility index (Phi) is 5.74. The third-order valence-electron chi connectivity index (χ3n) is 4.94. The molecule has 0 unspecified atom stereocenters. The maximum absolute atomic E-state index is 14.1. The Morgan fingerprint density at radius 1 is 0.933 bits per heavy atom. The Bertz CT molecular complexity index is 1100. The van der Waals surface area contributed by atoms with Crippen LogP contribution in [0.15, 0.2) is 48.5 Å². The molecule has 1 aromatic heterocycles. The number of benzene rings is 2. The molecule has 1 saturated heterocycles. The smallest absolute Gasteiger partial charge is 0.267 e. The number of nitrogens with zero attached hydrogens (tertiary/aromatic N) is 4. The molecule has 6 nitrogen and oxygen atoms in total. The van der Waals surface area contributed by atoms with Crippen molar-refractivity contribution in [3.63, 3.8) is 0 Å². The van der Waals surface area contributed by atoms with Crippen molar-refractivity contribution in [2.24, 2.45) is 5.73 Å². The fraction of sp³-hybridized carbons (Fsp3) is 0.190. The Balaban J connectivity index is 1.61. The maximum atomic E-state index is 14.1. The molecule has 0 radical (unpaired) electrons. The second-order valence-electron chi connectivity index (χ2n) is 6.86. The third-order valence-corrected chi connectivity index (χ3v) is 5.68. The van der Waals surface area contributed by atoms with E-state index in [0.29, 0.717) is 59.1 Å². The van der Waals surface area contributed by atoms with Crippen LogP contribution in [0.2, 0.25) is 10.0 Å². The van der Waals surface area contributed by atoms with Gasteiger partial charge in [0, 0.05) is 31.7 Å². The van der Waals surface area contributed by atoms with E-state index in [1.54, 1.807) is 30.3 Å². The van der Waals surface area contributed by atoms with Gasteiger partial charge in [-0.2, -0.15) is 0 Å². The van der Waals surface area contributed by atoms with Gasteiger partial charge in [-0.25, -0.2) is 14.4 Å². The molecule has 0 spiro atoms. The van der Waals surface area contributed by atoms with Crippen molar-refractivity contribution >= 4 is 40.7 Å². The first-order valence-corrected chi connectivity index (χ1v) is 10.1. The summed E-state index contributed by atoms with van der Waals surface area (Å²) in [6, 6.07) is 13.3. The summed E-state index contributed by atoms with van der Waals surface area (Å²) in [4.78, 5) is 24.7. The van der Waals surface area contributed by atoms with Gasteiger partial charge in [-0.3, -0.25) is 4.79 Å². The lowest BCUT2D eigenvalue weighted by Gasteiger charge is -2.36. The molecule has 2 aromatic carbocycles. The largest absolute Gasteiger partial charge is 0.366 e. The number of para-hydroxylation sites is 1. The summed E-state index contributed by atoms with van der Waals surface area (Å²) in [7, 11) is 0. The highest BCUT2D eigenvalue weighted by molar-refractivity contribution is 6.42. The second-order valence-corrected chi connectivity index (χ2v) is 7.67. The average molecular weight is 446 g/mol. The summed E-state index contributed by atoms with van der Waals surface area (Å²) in [6.45, 7) is 2.31. The van der Waals surface area contributed by atoms with Crippen LogP contribution in [-0.2, 0) is 0 Å². The summed E-state index contributed by atoms with van der Waals surface area (Å²) in [5.41, 5.74) is 7.37. The number of hydrogen-bond donors (Lipinski definition) is 1. The summed E-state index contributed by atoms with van der Waals surface area (Å²) >= 11 is 12.1. The molecule has 1 aliphatic rings. The SMILES string of the molecule is NC(=O)c1cc(-c2ccc(Cl)c(Cl)c2)nc(N2CCN(c3ccccc3F)CC2)n1. The number of amides is 1. The molecule has 1 amide bonds.